The lowest BCUT2D eigenvalue weighted by Crippen LogP contribution is -1.99. The molecule has 0 fully saturated rings. The lowest BCUT2D eigenvalue weighted by molar-refractivity contribution is -0.384. The van der Waals surface area contributed by atoms with Gasteiger partial charge < -0.3 is 4.74 Å². The zero-order valence-electron chi connectivity index (χ0n) is 11.7. The summed E-state index contributed by atoms with van der Waals surface area (Å²) in [5.41, 5.74) is 1.44. The van der Waals surface area contributed by atoms with Crippen LogP contribution in [0.3, 0.4) is 0 Å². The van der Waals surface area contributed by atoms with Crippen molar-refractivity contribution in [2.24, 2.45) is 0 Å². The highest BCUT2D eigenvalue weighted by Gasteiger charge is 2.15. The molecule has 1 aromatic carbocycles. The second-order valence-corrected chi connectivity index (χ2v) is 4.87. The molecular weight excluding hydrogens is 294 g/mol. The maximum atomic E-state index is 10.8. The van der Waals surface area contributed by atoms with Gasteiger partial charge in [-0.2, -0.15) is 0 Å². The summed E-state index contributed by atoms with van der Waals surface area (Å²) in [6.07, 6.45) is 2.84. The van der Waals surface area contributed by atoms with Crippen molar-refractivity contribution in [3.63, 3.8) is 0 Å². The van der Waals surface area contributed by atoms with E-state index in [9.17, 15) is 10.1 Å². The van der Waals surface area contributed by atoms with Crippen LogP contribution in [0.4, 0.5) is 5.69 Å². The molecule has 0 radical (unpaired) electrons. The van der Waals surface area contributed by atoms with E-state index in [4.69, 9.17) is 16.3 Å². The number of aromatic nitrogens is 2. The molecule has 0 atom stereocenters. The third kappa shape index (κ3) is 3.46. The highest BCUT2D eigenvalue weighted by Crippen LogP contribution is 2.31. The van der Waals surface area contributed by atoms with Crippen molar-refractivity contribution in [1.29, 1.82) is 0 Å². The molecule has 0 amide bonds. The van der Waals surface area contributed by atoms with Gasteiger partial charge in [-0.05, 0) is 25.0 Å². The molecule has 0 bridgehead atoms. The molecule has 0 saturated carbocycles. The molecule has 2 rings (SSSR count). The topological polar surface area (TPSA) is 78.2 Å². The summed E-state index contributed by atoms with van der Waals surface area (Å²) in [6, 6.07) is 4.44. The van der Waals surface area contributed by atoms with Gasteiger partial charge in [0, 0.05) is 6.07 Å². The van der Waals surface area contributed by atoms with Crippen LogP contribution in [0.1, 0.15) is 24.5 Å². The van der Waals surface area contributed by atoms with E-state index in [1.807, 2.05) is 6.92 Å². The number of nitro benzene ring substituents is 1. The summed E-state index contributed by atoms with van der Waals surface area (Å²) in [6.45, 7) is 3.81. The zero-order chi connectivity index (χ0) is 15.4. The first kappa shape index (κ1) is 15.2. The quantitative estimate of drug-likeness (QED) is 0.472. The van der Waals surface area contributed by atoms with Gasteiger partial charge in [0.2, 0.25) is 5.88 Å². The number of nitro groups is 1. The normalized spacial score (nSPS) is 10.4. The summed E-state index contributed by atoms with van der Waals surface area (Å²) in [7, 11) is 0. The lowest BCUT2D eigenvalue weighted by Gasteiger charge is -2.11. The van der Waals surface area contributed by atoms with Gasteiger partial charge in [0.05, 0.1) is 16.6 Å². The van der Waals surface area contributed by atoms with Gasteiger partial charge >= 0.3 is 0 Å². The first-order valence-electron chi connectivity index (χ1n) is 6.45. The molecule has 7 heteroatoms. The zero-order valence-corrected chi connectivity index (χ0v) is 12.4. The minimum Gasteiger partial charge on any atom is -0.438 e. The second-order valence-electron chi connectivity index (χ2n) is 4.51. The minimum atomic E-state index is -0.466. The van der Waals surface area contributed by atoms with Crippen molar-refractivity contribution in [2.75, 3.05) is 0 Å². The van der Waals surface area contributed by atoms with E-state index in [2.05, 4.69) is 9.97 Å². The van der Waals surface area contributed by atoms with E-state index in [1.165, 1.54) is 18.5 Å². The smallest absolute Gasteiger partial charge is 0.273 e. The number of aryl methyl sites for hydroxylation is 1. The lowest BCUT2D eigenvalue weighted by atomic mass is 10.2. The Morgan fingerprint density at radius 1 is 1.38 bits per heavy atom. The summed E-state index contributed by atoms with van der Waals surface area (Å²) in [4.78, 5) is 18.4. The number of halogens is 1. The van der Waals surface area contributed by atoms with Crippen molar-refractivity contribution >= 4 is 17.3 Å². The van der Waals surface area contributed by atoms with Crippen LogP contribution in [0.2, 0.25) is 5.15 Å². The van der Waals surface area contributed by atoms with Gasteiger partial charge in [0.25, 0.3) is 5.69 Å². The predicted molar refractivity (Wildman–Crippen MR) is 78.9 cm³/mol. The molecule has 0 aliphatic carbocycles. The number of nitrogens with zero attached hydrogens (tertiary/aromatic N) is 3. The summed E-state index contributed by atoms with van der Waals surface area (Å²) in [5.74, 6) is 0.719. The van der Waals surface area contributed by atoms with Crippen LogP contribution >= 0.6 is 11.6 Å². The summed E-state index contributed by atoms with van der Waals surface area (Å²) >= 11 is 6.06. The average molecular weight is 308 g/mol. The number of benzene rings is 1. The number of rotatable bonds is 5. The fraction of sp³-hybridized carbons (Fsp3) is 0.286. The Balaban J connectivity index is 2.40. The van der Waals surface area contributed by atoms with Gasteiger partial charge in [-0.15, -0.1) is 0 Å². The average Bonchev–Trinajstić information content (AvgIpc) is 2.44. The van der Waals surface area contributed by atoms with Crippen LogP contribution in [0.25, 0.3) is 0 Å². The maximum Gasteiger partial charge on any atom is 0.273 e. The van der Waals surface area contributed by atoms with Crippen LogP contribution in [-0.2, 0) is 6.42 Å². The van der Waals surface area contributed by atoms with E-state index in [0.717, 1.165) is 12.0 Å². The van der Waals surface area contributed by atoms with Gasteiger partial charge in [0.15, 0.2) is 0 Å². The summed E-state index contributed by atoms with van der Waals surface area (Å²) < 4.78 is 5.72. The highest BCUT2D eigenvalue weighted by atomic mass is 35.5. The Kier molecular flexibility index (Phi) is 4.70. The Labute approximate surface area is 126 Å². The fourth-order valence-electron chi connectivity index (χ4n) is 1.84. The fourth-order valence-corrected chi connectivity index (χ4v) is 2.06. The molecular formula is C14H14ClN3O3. The molecule has 0 N–H and O–H groups in total. The third-order valence-corrected chi connectivity index (χ3v) is 3.27. The Morgan fingerprint density at radius 3 is 2.81 bits per heavy atom. The predicted octanol–water partition coefficient (Wildman–Crippen LogP) is 4.09. The molecule has 2 aromatic rings. The van der Waals surface area contributed by atoms with Crippen LogP contribution in [0.15, 0.2) is 24.5 Å². The van der Waals surface area contributed by atoms with Gasteiger partial charge in [-0.25, -0.2) is 9.97 Å². The van der Waals surface area contributed by atoms with Crippen molar-refractivity contribution in [3.05, 3.63) is 50.9 Å². The van der Waals surface area contributed by atoms with E-state index in [1.54, 1.807) is 13.0 Å². The van der Waals surface area contributed by atoms with Crippen molar-refractivity contribution in [1.82, 2.24) is 9.97 Å². The first-order valence-corrected chi connectivity index (χ1v) is 6.83. The molecule has 1 aromatic heterocycles. The molecule has 21 heavy (non-hydrogen) atoms. The van der Waals surface area contributed by atoms with E-state index in [0.29, 0.717) is 28.8 Å². The summed E-state index contributed by atoms with van der Waals surface area (Å²) in [5, 5.41) is 11.2. The standard InChI is InChI=1S/C14H14ClN3O3/c1-3-4-11-13(15)16-8-17-14(11)21-12-7-10(18(19)20)6-5-9(12)2/h5-8H,3-4H2,1-2H3. The number of hydrogen-bond acceptors (Lipinski definition) is 5. The maximum absolute atomic E-state index is 10.8. The molecule has 0 unspecified atom stereocenters. The van der Waals surface area contributed by atoms with Crippen LogP contribution in [0.5, 0.6) is 11.6 Å². The molecule has 0 spiro atoms. The highest BCUT2D eigenvalue weighted by molar-refractivity contribution is 6.30. The third-order valence-electron chi connectivity index (χ3n) is 2.94. The SMILES string of the molecule is CCCc1c(Cl)ncnc1Oc1cc([N+](=O)[O-])ccc1C. The van der Waals surface area contributed by atoms with Crippen molar-refractivity contribution in [3.8, 4) is 11.6 Å². The Hall–Kier alpha value is -2.21. The molecule has 0 aliphatic heterocycles. The Morgan fingerprint density at radius 2 is 2.14 bits per heavy atom. The number of non-ortho nitro benzene ring substituents is 1. The van der Waals surface area contributed by atoms with Gasteiger partial charge in [-0.3, -0.25) is 10.1 Å². The van der Waals surface area contributed by atoms with Gasteiger partial charge in [0.1, 0.15) is 17.2 Å². The molecule has 110 valence electrons. The van der Waals surface area contributed by atoms with E-state index < -0.39 is 4.92 Å². The monoisotopic (exact) mass is 307 g/mol. The van der Waals surface area contributed by atoms with Crippen LogP contribution in [-0.4, -0.2) is 14.9 Å². The molecule has 6 nitrogen and oxygen atoms in total. The minimum absolute atomic E-state index is 0.0344. The Bertz CT molecular complexity index is 677. The van der Waals surface area contributed by atoms with E-state index >= 15 is 0 Å². The largest absolute Gasteiger partial charge is 0.438 e. The van der Waals surface area contributed by atoms with E-state index in [-0.39, 0.29) is 5.69 Å². The van der Waals surface area contributed by atoms with Crippen molar-refractivity contribution < 1.29 is 9.66 Å². The number of hydrogen-bond donors (Lipinski definition) is 0. The van der Waals surface area contributed by atoms with Gasteiger partial charge in [-0.1, -0.05) is 24.9 Å². The van der Waals surface area contributed by atoms with Crippen LogP contribution < -0.4 is 4.74 Å². The number of ether oxygens (including phenoxy) is 1. The van der Waals surface area contributed by atoms with Crippen molar-refractivity contribution in [2.45, 2.75) is 26.7 Å². The van der Waals surface area contributed by atoms with Crippen LogP contribution in [0, 0.1) is 17.0 Å². The molecule has 1 heterocycles. The first-order chi connectivity index (χ1) is 10.0. The molecule has 0 aliphatic rings. The second kappa shape index (κ2) is 6.49. The molecule has 0 saturated heterocycles.